The molecule has 0 atom stereocenters. The Bertz CT molecular complexity index is 208. The lowest BCUT2D eigenvalue weighted by Crippen LogP contribution is -2.49. The van der Waals surface area contributed by atoms with Crippen molar-refractivity contribution in [3.63, 3.8) is 0 Å². The van der Waals surface area contributed by atoms with Crippen LogP contribution in [0.15, 0.2) is 0 Å². The Morgan fingerprint density at radius 3 is 1.71 bits per heavy atom. The van der Waals surface area contributed by atoms with Crippen LogP contribution >= 0.6 is 0 Å². The second-order valence-corrected chi connectivity index (χ2v) is 5.49. The molecule has 0 aromatic carbocycles. The molecule has 0 unspecified atom stereocenters. The molecule has 1 saturated carbocycles. The largest absolute Gasteiger partial charge is 0.394 e. The average molecular weight is 250 g/mol. The molecule has 1 aliphatic carbocycles. The van der Waals surface area contributed by atoms with Gasteiger partial charge in [0.2, 0.25) is 0 Å². The molecule has 0 nitrogen and oxygen atoms in total. The lowest BCUT2D eigenvalue weighted by Gasteiger charge is -2.49. The van der Waals surface area contributed by atoms with Crippen molar-refractivity contribution in [3.05, 3.63) is 0 Å². The van der Waals surface area contributed by atoms with Crippen LogP contribution in [-0.2, 0) is 0 Å². The van der Waals surface area contributed by atoms with Gasteiger partial charge < -0.3 is 0 Å². The van der Waals surface area contributed by atoms with Crippen LogP contribution in [0.1, 0.15) is 71.6 Å². The van der Waals surface area contributed by atoms with Gasteiger partial charge in [-0.1, -0.05) is 46.0 Å². The van der Waals surface area contributed by atoms with E-state index in [0.717, 1.165) is 44.9 Å². The van der Waals surface area contributed by atoms with Gasteiger partial charge in [-0.15, -0.1) is 0 Å². The normalized spacial score (nSPS) is 19.4. The summed E-state index contributed by atoms with van der Waals surface area (Å²) >= 11 is 0. The quantitative estimate of drug-likeness (QED) is 0.542. The number of hydrogen-bond acceptors (Lipinski definition) is 0. The summed E-state index contributed by atoms with van der Waals surface area (Å²) in [6, 6.07) is 0. The first kappa shape index (κ1) is 14.8. The molecule has 102 valence electrons. The lowest BCUT2D eigenvalue weighted by molar-refractivity contribution is -0.273. The van der Waals surface area contributed by atoms with Gasteiger partial charge in [0.15, 0.2) is 0 Å². The second-order valence-electron chi connectivity index (χ2n) is 5.49. The molecular formula is C14H25F3. The van der Waals surface area contributed by atoms with Crippen LogP contribution in [0.2, 0.25) is 0 Å². The molecule has 0 amide bonds. The van der Waals surface area contributed by atoms with Crippen molar-refractivity contribution in [2.75, 3.05) is 0 Å². The SMILES string of the molecule is CCCCC(CCCC)C1(C(F)(F)F)CCC1. The maximum Gasteiger partial charge on any atom is 0.394 e. The molecule has 0 bridgehead atoms. The number of hydrogen-bond donors (Lipinski definition) is 0. The number of rotatable bonds is 7. The van der Waals surface area contributed by atoms with Gasteiger partial charge in [-0.3, -0.25) is 0 Å². The van der Waals surface area contributed by atoms with Gasteiger partial charge in [0.05, 0.1) is 5.41 Å². The summed E-state index contributed by atoms with van der Waals surface area (Å²) in [6.45, 7) is 4.11. The Balaban J connectivity index is 2.71. The van der Waals surface area contributed by atoms with Gasteiger partial charge in [0.1, 0.15) is 0 Å². The first-order valence-corrected chi connectivity index (χ1v) is 7.04. The fraction of sp³-hybridized carbons (Fsp3) is 1.00. The predicted molar refractivity (Wildman–Crippen MR) is 64.9 cm³/mol. The van der Waals surface area contributed by atoms with Crippen molar-refractivity contribution in [1.82, 2.24) is 0 Å². The van der Waals surface area contributed by atoms with Crippen LogP contribution in [0.5, 0.6) is 0 Å². The highest BCUT2D eigenvalue weighted by atomic mass is 19.4. The summed E-state index contributed by atoms with van der Waals surface area (Å²) in [4.78, 5) is 0. The average Bonchev–Trinajstić information content (AvgIpc) is 2.17. The van der Waals surface area contributed by atoms with E-state index in [1.54, 1.807) is 0 Å². The highest BCUT2D eigenvalue weighted by Gasteiger charge is 2.61. The van der Waals surface area contributed by atoms with E-state index in [4.69, 9.17) is 0 Å². The van der Waals surface area contributed by atoms with Gasteiger partial charge in [-0.2, -0.15) is 13.2 Å². The third-order valence-corrected chi connectivity index (χ3v) is 4.40. The molecule has 0 aromatic heterocycles. The highest BCUT2D eigenvalue weighted by molar-refractivity contribution is 4.98. The second kappa shape index (κ2) is 6.10. The topological polar surface area (TPSA) is 0 Å². The van der Waals surface area contributed by atoms with Crippen molar-refractivity contribution in [2.24, 2.45) is 11.3 Å². The van der Waals surface area contributed by atoms with Crippen molar-refractivity contribution < 1.29 is 13.2 Å². The lowest BCUT2D eigenvalue weighted by atomic mass is 9.58. The van der Waals surface area contributed by atoms with Gasteiger partial charge in [-0.05, 0) is 31.6 Å². The fourth-order valence-electron chi connectivity index (χ4n) is 3.08. The van der Waals surface area contributed by atoms with E-state index in [1.807, 2.05) is 0 Å². The van der Waals surface area contributed by atoms with Gasteiger partial charge in [-0.25, -0.2) is 0 Å². The minimum atomic E-state index is -3.99. The smallest absolute Gasteiger partial charge is 0.170 e. The van der Waals surface area contributed by atoms with Crippen LogP contribution in [0, 0.1) is 11.3 Å². The molecule has 3 heteroatoms. The Hall–Kier alpha value is -0.210. The van der Waals surface area contributed by atoms with E-state index in [0.29, 0.717) is 12.8 Å². The van der Waals surface area contributed by atoms with E-state index in [2.05, 4.69) is 13.8 Å². The van der Waals surface area contributed by atoms with Crippen molar-refractivity contribution in [3.8, 4) is 0 Å². The molecule has 0 aromatic rings. The maximum absolute atomic E-state index is 13.3. The number of halogens is 3. The van der Waals surface area contributed by atoms with Gasteiger partial charge in [0.25, 0.3) is 0 Å². The Kier molecular flexibility index (Phi) is 5.33. The molecule has 17 heavy (non-hydrogen) atoms. The Labute approximate surface area is 103 Å². The van der Waals surface area contributed by atoms with Crippen LogP contribution < -0.4 is 0 Å². The summed E-state index contributed by atoms with van der Waals surface area (Å²) in [5, 5.41) is 0. The monoisotopic (exact) mass is 250 g/mol. The van der Waals surface area contributed by atoms with Gasteiger partial charge in [0, 0.05) is 0 Å². The van der Waals surface area contributed by atoms with E-state index >= 15 is 0 Å². The van der Waals surface area contributed by atoms with E-state index in [9.17, 15) is 13.2 Å². The van der Waals surface area contributed by atoms with Crippen LogP contribution in [-0.4, -0.2) is 6.18 Å². The first-order chi connectivity index (χ1) is 7.98. The molecule has 1 fully saturated rings. The Morgan fingerprint density at radius 2 is 1.47 bits per heavy atom. The zero-order chi connectivity index (χ0) is 12.9. The molecule has 1 aliphatic rings. The van der Waals surface area contributed by atoms with E-state index in [-0.39, 0.29) is 5.92 Å². The zero-order valence-corrected chi connectivity index (χ0v) is 11.1. The zero-order valence-electron chi connectivity index (χ0n) is 11.1. The van der Waals surface area contributed by atoms with Crippen LogP contribution in [0.4, 0.5) is 13.2 Å². The summed E-state index contributed by atoms with van der Waals surface area (Å²) in [5.74, 6) is -0.129. The summed E-state index contributed by atoms with van der Waals surface area (Å²) in [6.07, 6.45) is 2.90. The van der Waals surface area contributed by atoms with E-state index in [1.165, 1.54) is 0 Å². The minimum absolute atomic E-state index is 0.129. The standard InChI is InChI=1S/C14H25F3/c1-3-5-8-12(9-6-4-2)13(10-7-11-13)14(15,16)17/h12H,3-11H2,1-2H3. The van der Waals surface area contributed by atoms with Gasteiger partial charge >= 0.3 is 6.18 Å². The van der Waals surface area contributed by atoms with Crippen LogP contribution in [0.25, 0.3) is 0 Å². The van der Waals surface area contributed by atoms with Crippen molar-refractivity contribution >= 4 is 0 Å². The molecule has 1 rings (SSSR count). The molecule has 0 aliphatic heterocycles. The molecule has 0 radical (unpaired) electrons. The Morgan fingerprint density at radius 1 is 1.00 bits per heavy atom. The van der Waals surface area contributed by atoms with Crippen molar-refractivity contribution in [1.29, 1.82) is 0 Å². The molecule has 0 N–H and O–H groups in total. The minimum Gasteiger partial charge on any atom is -0.170 e. The third kappa shape index (κ3) is 3.17. The van der Waals surface area contributed by atoms with Crippen LogP contribution in [0.3, 0.4) is 0 Å². The fourth-order valence-corrected chi connectivity index (χ4v) is 3.08. The molecule has 0 heterocycles. The number of unbranched alkanes of at least 4 members (excludes halogenated alkanes) is 2. The molecule has 0 saturated heterocycles. The first-order valence-electron chi connectivity index (χ1n) is 7.04. The highest BCUT2D eigenvalue weighted by Crippen LogP contribution is 2.59. The summed E-state index contributed by atoms with van der Waals surface area (Å²) < 4.78 is 39.8. The molecular weight excluding hydrogens is 225 g/mol. The maximum atomic E-state index is 13.3. The summed E-state index contributed by atoms with van der Waals surface area (Å²) in [5.41, 5.74) is -1.32. The third-order valence-electron chi connectivity index (χ3n) is 4.40. The molecule has 0 spiro atoms. The number of alkyl halides is 3. The van der Waals surface area contributed by atoms with Crippen molar-refractivity contribution in [2.45, 2.75) is 77.8 Å². The summed E-state index contributed by atoms with van der Waals surface area (Å²) in [7, 11) is 0. The predicted octanol–water partition coefficient (Wildman–Crippen LogP) is 5.72. The van der Waals surface area contributed by atoms with E-state index < -0.39 is 11.6 Å².